The van der Waals surface area contributed by atoms with Crippen molar-refractivity contribution in [2.45, 2.75) is 43.8 Å². The Morgan fingerprint density at radius 1 is 1.40 bits per heavy atom. The minimum absolute atomic E-state index is 0.00849. The van der Waals surface area contributed by atoms with Gasteiger partial charge in [-0.05, 0) is 31.9 Å². The van der Waals surface area contributed by atoms with Gasteiger partial charge in [-0.15, -0.1) is 0 Å². The van der Waals surface area contributed by atoms with Crippen LogP contribution in [0, 0.1) is 0 Å². The van der Waals surface area contributed by atoms with Gasteiger partial charge in [0.1, 0.15) is 12.3 Å². The Balaban J connectivity index is 1.56. The van der Waals surface area contributed by atoms with E-state index in [-0.39, 0.29) is 23.5 Å². The predicted octanol–water partition coefficient (Wildman–Crippen LogP) is 1.01. The third kappa shape index (κ3) is 4.29. The van der Waals surface area contributed by atoms with Gasteiger partial charge in [-0.25, -0.2) is 13.4 Å². The predicted molar refractivity (Wildman–Crippen MR) is 90.2 cm³/mol. The molecule has 0 bridgehead atoms. The Morgan fingerprint density at radius 3 is 2.84 bits per heavy atom. The molecule has 1 aliphatic rings. The van der Waals surface area contributed by atoms with E-state index in [0.717, 1.165) is 18.6 Å². The molecule has 3 rings (SSSR count). The lowest BCUT2D eigenvalue weighted by Crippen LogP contribution is -2.36. The molecule has 3 heterocycles. The molecule has 1 fully saturated rings. The summed E-state index contributed by atoms with van der Waals surface area (Å²) in [4.78, 5) is 16.1. The first kappa shape index (κ1) is 17.7. The SMILES string of the molecule is C[C@H](Cc1ccco1)NC(=O)Cn1cnc(S(=O)(=O)N2CCCC2)c1. The van der Waals surface area contributed by atoms with Gasteiger partial charge in [-0.3, -0.25) is 4.79 Å². The molecule has 8 nitrogen and oxygen atoms in total. The molecule has 136 valence electrons. The van der Waals surface area contributed by atoms with Crippen LogP contribution in [0.4, 0.5) is 0 Å². The molecule has 1 N–H and O–H groups in total. The van der Waals surface area contributed by atoms with Crippen molar-refractivity contribution in [1.82, 2.24) is 19.2 Å². The number of amides is 1. The molecule has 1 atom stereocenters. The summed E-state index contributed by atoms with van der Waals surface area (Å²) >= 11 is 0. The van der Waals surface area contributed by atoms with Crippen LogP contribution >= 0.6 is 0 Å². The molecular weight excluding hydrogens is 344 g/mol. The van der Waals surface area contributed by atoms with Crippen LogP contribution in [0.15, 0.2) is 40.4 Å². The van der Waals surface area contributed by atoms with Crippen LogP contribution in [-0.4, -0.2) is 47.3 Å². The van der Waals surface area contributed by atoms with E-state index in [4.69, 9.17) is 4.42 Å². The fraction of sp³-hybridized carbons (Fsp3) is 0.500. The fourth-order valence-electron chi connectivity index (χ4n) is 2.89. The maximum absolute atomic E-state index is 12.4. The molecule has 1 aliphatic heterocycles. The van der Waals surface area contributed by atoms with E-state index < -0.39 is 10.0 Å². The van der Waals surface area contributed by atoms with Crippen molar-refractivity contribution in [2.24, 2.45) is 0 Å². The van der Waals surface area contributed by atoms with Crippen molar-refractivity contribution in [3.63, 3.8) is 0 Å². The maximum atomic E-state index is 12.4. The molecule has 0 aliphatic carbocycles. The Labute approximate surface area is 146 Å². The molecule has 1 amide bonds. The first-order valence-electron chi connectivity index (χ1n) is 8.29. The average molecular weight is 366 g/mol. The number of carbonyl (C=O) groups is 1. The largest absolute Gasteiger partial charge is 0.469 e. The molecule has 9 heteroatoms. The highest BCUT2D eigenvalue weighted by Crippen LogP contribution is 2.19. The molecule has 0 aromatic carbocycles. The number of aromatic nitrogens is 2. The van der Waals surface area contributed by atoms with Gasteiger partial charge in [0.05, 0.1) is 12.6 Å². The molecule has 0 spiro atoms. The number of nitrogens with one attached hydrogen (secondary N) is 1. The van der Waals surface area contributed by atoms with Crippen molar-refractivity contribution in [3.8, 4) is 0 Å². The van der Waals surface area contributed by atoms with Gasteiger partial charge in [0.2, 0.25) is 5.91 Å². The Bertz CT molecular complexity index is 807. The molecule has 2 aromatic rings. The van der Waals surface area contributed by atoms with Crippen molar-refractivity contribution in [3.05, 3.63) is 36.7 Å². The van der Waals surface area contributed by atoms with Gasteiger partial charge in [-0.2, -0.15) is 4.31 Å². The number of sulfonamides is 1. The monoisotopic (exact) mass is 366 g/mol. The van der Waals surface area contributed by atoms with Crippen molar-refractivity contribution in [1.29, 1.82) is 0 Å². The van der Waals surface area contributed by atoms with Crippen LogP contribution in [0.5, 0.6) is 0 Å². The number of rotatable bonds is 7. The molecule has 1 saturated heterocycles. The van der Waals surface area contributed by atoms with Crippen LogP contribution in [-0.2, 0) is 27.8 Å². The second kappa shape index (κ2) is 7.40. The third-order valence-corrected chi connectivity index (χ3v) is 5.88. The summed E-state index contributed by atoms with van der Waals surface area (Å²) in [6.45, 7) is 2.96. The first-order valence-corrected chi connectivity index (χ1v) is 9.73. The summed E-state index contributed by atoms with van der Waals surface area (Å²) < 4.78 is 33.0. The zero-order valence-corrected chi connectivity index (χ0v) is 14.9. The van der Waals surface area contributed by atoms with E-state index in [1.165, 1.54) is 21.4 Å². The topological polar surface area (TPSA) is 97.4 Å². The molecule has 0 saturated carbocycles. The van der Waals surface area contributed by atoms with Gasteiger partial charge >= 0.3 is 0 Å². The van der Waals surface area contributed by atoms with E-state index in [1.54, 1.807) is 12.3 Å². The van der Waals surface area contributed by atoms with Gasteiger partial charge < -0.3 is 14.3 Å². The van der Waals surface area contributed by atoms with E-state index in [2.05, 4.69) is 10.3 Å². The maximum Gasteiger partial charge on any atom is 0.262 e. The van der Waals surface area contributed by atoms with Crippen molar-refractivity contribution in [2.75, 3.05) is 13.1 Å². The summed E-state index contributed by atoms with van der Waals surface area (Å²) in [5.74, 6) is 0.594. The number of imidazole rings is 1. The lowest BCUT2D eigenvalue weighted by molar-refractivity contribution is -0.122. The van der Waals surface area contributed by atoms with Gasteiger partial charge in [0.15, 0.2) is 5.03 Å². The molecule has 0 radical (unpaired) electrons. The van der Waals surface area contributed by atoms with Gasteiger partial charge in [0.25, 0.3) is 10.0 Å². The Hall–Kier alpha value is -2.13. The quantitative estimate of drug-likeness (QED) is 0.789. The summed E-state index contributed by atoms with van der Waals surface area (Å²) in [6, 6.07) is 3.57. The smallest absolute Gasteiger partial charge is 0.262 e. The number of carbonyl (C=O) groups excluding carboxylic acids is 1. The second-order valence-corrected chi connectivity index (χ2v) is 8.13. The number of furan rings is 1. The number of hydrogen-bond acceptors (Lipinski definition) is 5. The summed E-state index contributed by atoms with van der Waals surface area (Å²) in [6.07, 6.45) is 6.71. The highest BCUT2D eigenvalue weighted by atomic mass is 32.2. The van der Waals surface area contributed by atoms with E-state index in [0.29, 0.717) is 19.5 Å². The fourth-order valence-corrected chi connectivity index (χ4v) is 4.34. The third-order valence-electron chi connectivity index (χ3n) is 4.10. The Morgan fingerprint density at radius 2 is 2.16 bits per heavy atom. The van der Waals surface area contributed by atoms with Crippen LogP contribution in [0.1, 0.15) is 25.5 Å². The molecule has 25 heavy (non-hydrogen) atoms. The van der Waals surface area contributed by atoms with E-state index >= 15 is 0 Å². The highest BCUT2D eigenvalue weighted by molar-refractivity contribution is 7.89. The van der Waals surface area contributed by atoms with Crippen molar-refractivity contribution < 1.29 is 17.6 Å². The Kier molecular flexibility index (Phi) is 5.24. The van der Waals surface area contributed by atoms with Gasteiger partial charge in [-0.1, -0.05) is 0 Å². The zero-order chi connectivity index (χ0) is 17.9. The van der Waals surface area contributed by atoms with Gasteiger partial charge in [0, 0.05) is 31.7 Å². The molecule has 0 unspecified atom stereocenters. The average Bonchev–Trinajstić information content (AvgIpc) is 3.29. The minimum atomic E-state index is -3.55. The molecular formula is C16H22N4O4S. The zero-order valence-electron chi connectivity index (χ0n) is 14.1. The summed E-state index contributed by atoms with van der Waals surface area (Å²) in [5, 5.41) is 2.85. The summed E-state index contributed by atoms with van der Waals surface area (Å²) in [5.41, 5.74) is 0. The van der Waals surface area contributed by atoms with Crippen LogP contribution < -0.4 is 5.32 Å². The summed E-state index contributed by atoms with van der Waals surface area (Å²) in [7, 11) is -3.55. The highest BCUT2D eigenvalue weighted by Gasteiger charge is 2.29. The van der Waals surface area contributed by atoms with Crippen LogP contribution in [0.2, 0.25) is 0 Å². The van der Waals surface area contributed by atoms with E-state index in [1.807, 2.05) is 13.0 Å². The van der Waals surface area contributed by atoms with Crippen LogP contribution in [0.25, 0.3) is 0 Å². The normalized spacial score (nSPS) is 16.8. The minimum Gasteiger partial charge on any atom is -0.469 e. The number of hydrogen-bond donors (Lipinski definition) is 1. The first-order chi connectivity index (χ1) is 11.9. The van der Waals surface area contributed by atoms with E-state index in [9.17, 15) is 13.2 Å². The lowest BCUT2D eigenvalue weighted by Gasteiger charge is -2.13. The van der Waals surface area contributed by atoms with Crippen molar-refractivity contribution >= 4 is 15.9 Å². The lowest BCUT2D eigenvalue weighted by atomic mass is 10.2. The second-order valence-electron chi connectivity index (χ2n) is 6.25. The number of nitrogens with zero attached hydrogens (tertiary/aromatic N) is 3. The standard InChI is InChI=1S/C16H22N4O4S/c1-13(9-14-5-4-8-24-14)18-15(21)10-19-11-16(17-12-19)25(22,23)20-6-2-3-7-20/h4-5,8,11-13H,2-3,6-7,9-10H2,1H3,(H,18,21)/t13-/m1/s1. The molecule has 2 aromatic heterocycles. The van der Waals surface area contributed by atoms with Crippen LogP contribution in [0.3, 0.4) is 0 Å².